The van der Waals surface area contributed by atoms with Crippen LogP contribution in [0.4, 0.5) is 13.2 Å². The SMILES string of the molecule is CC1(C)CC(=O)N([C@@H](c2cncc(Cl)c2)[C@H]2C[C@@H]2C(=O)N[C@H]2C[C@H](C(F)(F)F)Oc3ccccc32)C(N)=N1. The van der Waals surface area contributed by atoms with Crippen molar-refractivity contribution in [2.24, 2.45) is 22.6 Å². The van der Waals surface area contributed by atoms with Gasteiger partial charge in [0.1, 0.15) is 5.75 Å². The van der Waals surface area contributed by atoms with Crippen LogP contribution < -0.4 is 15.8 Å². The number of halogens is 4. The van der Waals surface area contributed by atoms with Crippen LogP contribution >= 0.6 is 11.6 Å². The van der Waals surface area contributed by atoms with Crippen LogP contribution in [0.5, 0.6) is 5.75 Å². The van der Waals surface area contributed by atoms with Gasteiger partial charge in [-0.05, 0) is 43.9 Å². The molecule has 5 atom stereocenters. The van der Waals surface area contributed by atoms with Crippen molar-refractivity contribution < 1.29 is 27.5 Å². The Morgan fingerprint density at radius 2 is 2.00 bits per heavy atom. The van der Waals surface area contributed by atoms with Crippen LogP contribution in [0.2, 0.25) is 5.02 Å². The number of nitrogens with two attached hydrogens (primary N) is 1. The van der Waals surface area contributed by atoms with Gasteiger partial charge in [0.25, 0.3) is 0 Å². The molecule has 1 fully saturated rings. The fourth-order valence-corrected chi connectivity index (χ4v) is 5.54. The van der Waals surface area contributed by atoms with Gasteiger partial charge in [0.05, 0.1) is 29.1 Å². The average molecular weight is 550 g/mol. The van der Waals surface area contributed by atoms with Crippen molar-refractivity contribution in [1.82, 2.24) is 15.2 Å². The number of alkyl halides is 3. The molecule has 0 spiro atoms. The smallest absolute Gasteiger partial charge is 0.425 e. The molecular weight excluding hydrogens is 523 g/mol. The van der Waals surface area contributed by atoms with E-state index in [1.54, 1.807) is 44.3 Å². The molecule has 5 rings (SSSR count). The van der Waals surface area contributed by atoms with Crippen molar-refractivity contribution in [1.29, 1.82) is 0 Å². The lowest BCUT2D eigenvalue weighted by Crippen LogP contribution is -2.52. The third-order valence-electron chi connectivity index (χ3n) is 7.14. The molecule has 3 heterocycles. The summed E-state index contributed by atoms with van der Waals surface area (Å²) in [4.78, 5) is 36.6. The fourth-order valence-electron chi connectivity index (χ4n) is 5.36. The highest BCUT2D eigenvalue weighted by Crippen LogP contribution is 2.52. The van der Waals surface area contributed by atoms with E-state index in [0.717, 1.165) is 0 Å². The molecule has 0 radical (unpaired) electrons. The van der Waals surface area contributed by atoms with E-state index in [0.29, 0.717) is 22.6 Å². The number of pyridine rings is 1. The molecule has 12 heteroatoms. The third-order valence-corrected chi connectivity index (χ3v) is 7.35. The van der Waals surface area contributed by atoms with Crippen LogP contribution in [0.15, 0.2) is 47.7 Å². The molecule has 2 amide bonds. The highest BCUT2D eigenvalue weighted by atomic mass is 35.5. The Kier molecular flexibility index (Phi) is 6.53. The summed E-state index contributed by atoms with van der Waals surface area (Å²) in [6.07, 6.45) is -3.51. The second-order valence-corrected chi connectivity index (χ2v) is 11.0. The maximum atomic E-state index is 13.5. The minimum absolute atomic E-state index is 0.0358. The number of carbonyl (C=O) groups excluding carboxylic acids is 2. The number of hydrogen-bond donors (Lipinski definition) is 2. The predicted molar refractivity (Wildman–Crippen MR) is 133 cm³/mol. The highest BCUT2D eigenvalue weighted by molar-refractivity contribution is 6.30. The second kappa shape index (κ2) is 9.44. The number of nitrogens with zero attached hydrogens (tertiary/aromatic N) is 3. The number of aliphatic imine (C=N–C) groups is 1. The molecule has 1 aliphatic carbocycles. The molecule has 1 saturated carbocycles. The number of carbonyl (C=O) groups is 2. The minimum atomic E-state index is -4.58. The Balaban J connectivity index is 1.40. The number of benzene rings is 1. The summed E-state index contributed by atoms with van der Waals surface area (Å²) in [5, 5.41) is 3.15. The molecule has 202 valence electrons. The first-order valence-electron chi connectivity index (χ1n) is 12.2. The molecule has 3 aliphatic rings. The first kappa shape index (κ1) is 26.3. The van der Waals surface area contributed by atoms with E-state index in [1.807, 2.05) is 0 Å². The highest BCUT2D eigenvalue weighted by Gasteiger charge is 2.54. The average Bonchev–Trinajstić information content (AvgIpc) is 3.60. The Morgan fingerprint density at radius 1 is 1.26 bits per heavy atom. The molecule has 8 nitrogen and oxygen atoms in total. The molecule has 38 heavy (non-hydrogen) atoms. The third kappa shape index (κ3) is 5.16. The summed E-state index contributed by atoms with van der Waals surface area (Å²) in [5.74, 6) is -1.44. The van der Waals surface area contributed by atoms with Gasteiger partial charge in [-0.3, -0.25) is 19.5 Å². The molecule has 0 bridgehead atoms. The van der Waals surface area contributed by atoms with Crippen molar-refractivity contribution in [2.45, 2.75) is 63.0 Å². The van der Waals surface area contributed by atoms with Crippen LogP contribution in [0.1, 0.15) is 56.3 Å². The van der Waals surface area contributed by atoms with E-state index < -0.39 is 48.1 Å². The van der Waals surface area contributed by atoms with Gasteiger partial charge in [0.2, 0.25) is 11.8 Å². The van der Waals surface area contributed by atoms with E-state index in [4.69, 9.17) is 22.1 Å². The number of rotatable bonds is 5. The van der Waals surface area contributed by atoms with E-state index in [2.05, 4.69) is 15.3 Å². The van der Waals surface area contributed by atoms with Gasteiger partial charge in [0.15, 0.2) is 12.1 Å². The largest absolute Gasteiger partial charge is 0.480 e. The summed E-state index contributed by atoms with van der Waals surface area (Å²) < 4.78 is 45.7. The lowest BCUT2D eigenvalue weighted by Gasteiger charge is -2.38. The van der Waals surface area contributed by atoms with E-state index in [1.165, 1.54) is 17.2 Å². The first-order chi connectivity index (χ1) is 17.8. The number of hydrogen-bond acceptors (Lipinski definition) is 6. The van der Waals surface area contributed by atoms with Crippen LogP contribution in [0.25, 0.3) is 0 Å². The van der Waals surface area contributed by atoms with Crippen LogP contribution in [-0.4, -0.2) is 45.5 Å². The maximum Gasteiger partial charge on any atom is 0.425 e. The van der Waals surface area contributed by atoms with Gasteiger partial charge in [-0.15, -0.1) is 0 Å². The van der Waals surface area contributed by atoms with E-state index in [-0.39, 0.29) is 30.0 Å². The number of para-hydroxylation sites is 1. The van der Waals surface area contributed by atoms with Gasteiger partial charge < -0.3 is 15.8 Å². The standard InChI is InChI=1S/C26H27ClF3N5O3/c1-25(2)10-21(36)35(24(31)34-25)22(13-7-14(27)12-32-11-13)16-8-17(16)23(37)33-18-9-20(26(28,29)30)38-19-6-4-3-5-15(18)19/h3-7,11-12,16-18,20,22H,8-10H2,1-2H3,(H2,31,34)(H,33,37)/t16-,17-,18-,20+,22-/m0/s1. The van der Waals surface area contributed by atoms with Gasteiger partial charge >= 0.3 is 6.18 Å². The van der Waals surface area contributed by atoms with Crippen molar-refractivity contribution in [3.63, 3.8) is 0 Å². The van der Waals surface area contributed by atoms with Crippen molar-refractivity contribution in [3.8, 4) is 5.75 Å². The summed E-state index contributed by atoms with van der Waals surface area (Å²) >= 11 is 6.19. The number of fused-ring (bicyclic) bond motifs is 1. The van der Waals surface area contributed by atoms with Crippen molar-refractivity contribution in [3.05, 3.63) is 58.9 Å². The van der Waals surface area contributed by atoms with Crippen LogP contribution in [0.3, 0.4) is 0 Å². The normalized spacial score (nSPS) is 27.1. The Morgan fingerprint density at radius 3 is 2.68 bits per heavy atom. The lowest BCUT2D eigenvalue weighted by atomic mass is 9.94. The van der Waals surface area contributed by atoms with Crippen LogP contribution in [0, 0.1) is 11.8 Å². The molecule has 1 aromatic carbocycles. The van der Waals surface area contributed by atoms with Crippen molar-refractivity contribution in [2.75, 3.05) is 0 Å². The number of amides is 2. The molecule has 0 unspecified atom stereocenters. The molecule has 0 saturated heterocycles. The van der Waals surface area contributed by atoms with Gasteiger partial charge in [0, 0.05) is 30.3 Å². The summed E-state index contributed by atoms with van der Waals surface area (Å²) in [6, 6.07) is 6.49. The zero-order valence-electron chi connectivity index (χ0n) is 20.7. The zero-order valence-corrected chi connectivity index (χ0v) is 21.5. The topological polar surface area (TPSA) is 110 Å². The van der Waals surface area contributed by atoms with E-state index >= 15 is 0 Å². The summed E-state index contributed by atoms with van der Waals surface area (Å²) in [6.45, 7) is 3.61. The maximum absolute atomic E-state index is 13.5. The molecule has 3 N–H and O–H groups in total. The first-order valence-corrected chi connectivity index (χ1v) is 12.6. The molecule has 1 aromatic heterocycles. The summed E-state index contributed by atoms with van der Waals surface area (Å²) in [5.41, 5.74) is 6.66. The quantitative estimate of drug-likeness (QED) is 0.577. The number of aromatic nitrogens is 1. The van der Waals surface area contributed by atoms with Crippen molar-refractivity contribution >= 4 is 29.4 Å². The fraction of sp³-hybridized carbons (Fsp3) is 0.462. The number of guanidine groups is 1. The number of nitrogens with one attached hydrogen (secondary N) is 1. The van der Waals surface area contributed by atoms with E-state index in [9.17, 15) is 22.8 Å². The van der Waals surface area contributed by atoms with Gasteiger partial charge in [-0.1, -0.05) is 29.8 Å². The van der Waals surface area contributed by atoms with Gasteiger partial charge in [-0.2, -0.15) is 13.2 Å². The molecule has 2 aromatic rings. The Labute approximate surface area is 222 Å². The Bertz CT molecular complexity index is 1300. The van der Waals surface area contributed by atoms with Gasteiger partial charge in [-0.25, -0.2) is 4.99 Å². The second-order valence-electron chi connectivity index (χ2n) is 10.6. The predicted octanol–water partition coefficient (Wildman–Crippen LogP) is 4.31. The minimum Gasteiger partial charge on any atom is -0.480 e. The zero-order chi connectivity index (χ0) is 27.4. The molecule has 2 aliphatic heterocycles. The molecular formula is C26H27ClF3N5O3. The number of ether oxygens (including phenoxy) is 1. The van der Waals surface area contributed by atoms with Crippen LogP contribution in [-0.2, 0) is 9.59 Å². The lowest BCUT2D eigenvalue weighted by molar-refractivity contribution is -0.201. The summed E-state index contributed by atoms with van der Waals surface area (Å²) in [7, 11) is 0. The Hall–Kier alpha value is -3.34. The monoisotopic (exact) mass is 549 g/mol.